The Morgan fingerprint density at radius 1 is 1.00 bits per heavy atom. The molecule has 2 N–H and O–H groups in total. The minimum atomic E-state index is -0.134. The number of carbonyl (C=O) groups excluding carboxylic acids is 3. The maximum Gasteiger partial charge on any atom is 0.238 e. The standard InChI is InChI=1S/C24H29N3O5S/c1-17(28)18-3-8-22(31-2)19(13-18)15-33-16-24(30)26-21-6-4-20(5-7-21)25-23(29)14-27-9-11-32-12-10-27/h3-8,13H,9-12,14-16H2,1-2H3,(H,25,29)(H,26,30). The molecule has 33 heavy (non-hydrogen) atoms. The zero-order valence-corrected chi connectivity index (χ0v) is 19.7. The Bertz CT molecular complexity index is 975. The number of anilines is 2. The number of morpholine rings is 1. The summed E-state index contributed by atoms with van der Waals surface area (Å²) in [5.41, 5.74) is 2.83. The van der Waals surface area contributed by atoms with Crippen LogP contribution in [-0.2, 0) is 20.1 Å². The molecule has 0 aromatic heterocycles. The van der Waals surface area contributed by atoms with Gasteiger partial charge in [-0.25, -0.2) is 0 Å². The molecule has 1 aliphatic heterocycles. The monoisotopic (exact) mass is 471 g/mol. The first kappa shape index (κ1) is 24.8. The zero-order valence-electron chi connectivity index (χ0n) is 18.9. The number of Topliss-reactive ketones (excluding diaryl/α,β-unsaturated/α-hetero) is 1. The Labute approximate surface area is 198 Å². The van der Waals surface area contributed by atoms with E-state index in [4.69, 9.17) is 9.47 Å². The number of ketones is 1. The first-order valence-corrected chi connectivity index (χ1v) is 11.9. The second kappa shape index (κ2) is 12.4. The van der Waals surface area contributed by atoms with Gasteiger partial charge in [-0.1, -0.05) is 0 Å². The van der Waals surface area contributed by atoms with Crippen LogP contribution < -0.4 is 15.4 Å². The molecule has 1 aliphatic rings. The van der Waals surface area contributed by atoms with Crippen LogP contribution >= 0.6 is 11.8 Å². The number of benzene rings is 2. The third-order valence-electron chi connectivity index (χ3n) is 5.10. The highest BCUT2D eigenvalue weighted by Crippen LogP contribution is 2.25. The van der Waals surface area contributed by atoms with Crippen molar-refractivity contribution in [3.05, 3.63) is 53.6 Å². The number of amides is 2. The van der Waals surface area contributed by atoms with Crippen molar-refractivity contribution in [2.75, 3.05) is 56.3 Å². The van der Waals surface area contributed by atoms with Crippen molar-refractivity contribution in [1.29, 1.82) is 0 Å². The van der Waals surface area contributed by atoms with E-state index in [1.54, 1.807) is 49.6 Å². The van der Waals surface area contributed by atoms with Gasteiger partial charge in [0, 0.05) is 41.3 Å². The van der Waals surface area contributed by atoms with Crippen LogP contribution in [0.1, 0.15) is 22.8 Å². The van der Waals surface area contributed by atoms with E-state index < -0.39 is 0 Å². The molecule has 2 amide bonds. The van der Waals surface area contributed by atoms with Crippen LogP contribution in [0.15, 0.2) is 42.5 Å². The summed E-state index contributed by atoms with van der Waals surface area (Å²) >= 11 is 1.44. The molecule has 3 rings (SSSR count). The molecule has 0 saturated carbocycles. The maximum absolute atomic E-state index is 12.3. The first-order chi connectivity index (χ1) is 15.9. The summed E-state index contributed by atoms with van der Waals surface area (Å²) in [5, 5.41) is 5.72. The normalized spacial score (nSPS) is 13.9. The number of rotatable bonds is 10. The van der Waals surface area contributed by atoms with E-state index in [9.17, 15) is 14.4 Å². The molecule has 0 radical (unpaired) electrons. The quantitative estimate of drug-likeness (QED) is 0.514. The second-order valence-electron chi connectivity index (χ2n) is 7.64. The van der Waals surface area contributed by atoms with Crippen LogP contribution in [0.25, 0.3) is 0 Å². The van der Waals surface area contributed by atoms with Crippen LogP contribution in [0.4, 0.5) is 11.4 Å². The van der Waals surface area contributed by atoms with E-state index in [0.717, 1.165) is 18.7 Å². The van der Waals surface area contributed by atoms with Crippen LogP contribution in [-0.4, -0.2) is 68.2 Å². The van der Waals surface area contributed by atoms with Gasteiger partial charge < -0.3 is 20.1 Å². The molecule has 1 saturated heterocycles. The molecule has 176 valence electrons. The molecule has 8 nitrogen and oxygen atoms in total. The Kier molecular flexibility index (Phi) is 9.29. The molecule has 0 unspecified atom stereocenters. The fraction of sp³-hybridized carbons (Fsp3) is 0.375. The fourth-order valence-electron chi connectivity index (χ4n) is 3.36. The minimum absolute atomic E-state index is 0.0117. The smallest absolute Gasteiger partial charge is 0.238 e. The van der Waals surface area contributed by atoms with Gasteiger partial charge in [0.2, 0.25) is 11.8 Å². The lowest BCUT2D eigenvalue weighted by molar-refractivity contribution is -0.118. The molecule has 0 spiro atoms. The van der Waals surface area contributed by atoms with Crippen molar-refractivity contribution in [2.24, 2.45) is 0 Å². The Morgan fingerprint density at radius 3 is 2.24 bits per heavy atom. The minimum Gasteiger partial charge on any atom is -0.496 e. The molecule has 0 aliphatic carbocycles. The summed E-state index contributed by atoms with van der Waals surface area (Å²) in [7, 11) is 1.58. The van der Waals surface area contributed by atoms with Crippen molar-refractivity contribution in [3.63, 3.8) is 0 Å². The molecule has 0 atom stereocenters. The zero-order chi connectivity index (χ0) is 23.6. The average Bonchev–Trinajstić information content (AvgIpc) is 2.81. The van der Waals surface area contributed by atoms with Crippen molar-refractivity contribution >= 4 is 40.7 Å². The number of ether oxygens (including phenoxy) is 2. The summed E-state index contributed by atoms with van der Waals surface area (Å²) in [6.07, 6.45) is 0. The van der Waals surface area contributed by atoms with Crippen LogP contribution in [0.2, 0.25) is 0 Å². The van der Waals surface area contributed by atoms with E-state index >= 15 is 0 Å². The molecule has 2 aromatic carbocycles. The van der Waals surface area contributed by atoms with E-state index in [1.165, 1.54) is 18.7 Å². The fourth-order valence-corrected chi connectivity index (χ4v) is 4.17. The van der Waals surface area contributed by atoms with Crippen molar-refractivity contribution in [3.8, 4) is 5.75 Å². The highest BCUT2D eigenvalue weighted by molar-refractivity contribution is 7.99. The number of nitrogens with zero attached hydrogens (tertiary/aromatic N) is 1. The van der Waals surface area contributed by atoms with Gasteiger partial charge in [-0.2, -0.15) is 0 Å². The largest absolute Gasteiger partial charge is 0.496 e. The molecule has 1 fully saturated rings. The number of carbonyl (C=O) groups is 3. The van der Waals surface area contributed by atoms with Crippen LogP contribution in [0.3, 0.4) is 0 Å². The average molecular weight is 472 g/mol. The van der Waals surface area contributed by atoms with E-state index in [1.807, 2.05) is 0 Å². The second-order valence-corrected chi connectivity index (χ2v) is 8.62. The third-order valence-corrected chi connectivity index (χ3v) is 6.08. The summed E-state index contributed by atoms with van der Waals surface area (Å²) < 4.78 is 10.6. The molecule has 0 bridgehead atoms. The lowest BCUT2D eigenvalue weighted by Crippen LogP contribution is -2.41. The molecule has 9 heteroatoms. The maximum atomic E-state index is 12.3. The van der Waals surface area contributed by atoms with Crippen LogP contribution in [0.5, 0.6) is 5.75 Å². The van der Waals surface area contributed by atoms with E-state index in [2.05, 4.69) is 15.5 Å². The van der Waals surface area contributed by atoms with Crippen LogP contribution in [0, 0.1) is 0 Å². The van der Waals surface area contributed by atoms with Gasteiger partial charge in [-0.05, 0) is 49.4 Å². The number of hydrogen-bond donors (Lipinski definition) is 2. The van der Waals surface area contributed by atoms with Crippen molar-refractivity contribution < 1.29 is 23.9 Å². The lowest BCUT2D eigenvalue weighted by atomic mass is 10.1. The molecule has 2 aromatic rings. The topological polar surface area (TPSA) is 97.0 Å². The highest BCUT2D eigenvalue weighted by Gasteiger charge is 2.14. The number of methoxy groups -OCH3 is 1. The van der Waals surface area contributed by atoms with Gasteiger partial charge in [0.15, 0.2) is 5.78 Å². The van der Waals surface area contributed by atoms with Crippen molar-refractivity contribution in [2.45, 2.75) is 12.7 Å². The van der Waals surface area contributed by atoms with E-state index in [0.29, 0.717) is 48.2 Å². The van der Waals surface area contributed by atoms with Gasteiger partial charge in [0.05, 0.1) is 32.6 Å². The van der Waals surface area contributed by atoms with E-state index in [-0.39, 0.29) is 23.4 Å². The summed E-state index contributed by atoms with van der Waals surface area (Å²) in [6.45, 7) is 4.67. The summed E-state index contributed by atoms with van der Waals surface area (Å²) in [5.74, 6) is 1.28. The predicted molar refractivity (Wildman–Crippen MR) is 130 cm³/mol. The Balaban J connectivity index is 1.43. The Hall–Kier alpha value is -2.88. The lowest BCUT2D eigenvalue weighted by Gasteiger charge is -2.25. The predicted octanol–water partition coefficient (Wildman–Crippen LogP) is 3.04. The molecular weight excluding hydrogens is 442 g/mol. The third kappa shape index (κ3) is 7.88. The summed E-state index contributed by atoms with van der Waals surface area (Å²) in [4.78, 5) is 38.2. The van der Waals surface area contributed by atoms with Gasteiger partial charge in [-0.3, -0.25) is 19.3 Å². The number of hydrogen-bond acceptors (Lipinski definition) is 7. The number of thioether (sulfide) groups is 1. The van der Waals surface area contributed by atoms with Gasteiger partial charge >= 0.3 is 0 Å². The number of nitrogens with one attached hydrogen (secondary N) is 2. The van der Waals surface area contributed by atoms with Gasteiger partial charge in [-0.15, -0.1) is 11.8 Å². The Morgan fingerprint density at radius 2 is 1.64 bits per heavy atom. The van der Waals surface area contributed by atoms with Gasteiger partial charge in [0.25, 0.3) is 0 Å². The van der Waals surface area contributed by atoms with Gasteiger partial charge in [0.1, 0.15) is 5.75 Å². The highest BCUT2D eigenvalue weighted by atomic mass is 32.2. The molecular formula is C24H29N3O5S. The SMILES string of the molecule is COc1ccc(C(C)=O)cc1CSCC(=O)Nc1ccc(NC(=O)CN2CCOCC2)cc1. The van der Waals surface area contributed by atoms with Crippen molar-refractivity contribution in [1.82, 2.24) is 4.90 Å². The molecule has 1 heterocycles. The summed E-state index contributed by atoms with van der Waals surface area (Å²) in [6, 6.07) is 12.3. The first-order valence-electron chi connectivity index (χ1n) is 10.7.